The van der Waals surface area contributed by atoms with E-state index in [4.69, 9.17) is 0 Å². The molecule has 0 aromatic carbocycles. The third-order valence-electron chi connectivity index (χ3n) is 0.429. The van der Waals surface area contributed by atoms with Gasteiger partial charge in [0.05, 0.1) is 0 Å². The van der Waals surface area contributed by atoms with Gasteiger partial charge in [-0.15, -0.1) is 11.8 Å². The quantitative estimate of drug-likeness (QED) is 0.527. The van der Waals surface area contributed by atoms with Crippen molar-refractivity contribution in [3.63, 3.8) is 0 Å². The molecular weight excluding hydrogens is 127 g/mol. The number of hydrogen-bond acceptors (Lipinski definition) is 1. The fourth-order valence-corrected chi connectivity index (χ4v) is 0.607. The Balaban J connectivity index is 0. The van der Waals surface area contributed by atoms with Gasteiger partial charge in [-0.2, -0.15) is 0 Å². The van der Waals surface area contributed by atoms with Gasteiger partial charge >= 0.3 is 29.6 Å². The van der Waals surface area contributed by atoms with Crippen LogP contribution in [0.4, 0.5) is 0 Å². The van der Waals surface area contributed by atoms with Gasteiger partial charge < -0.3 is 0 Å². The molecule has 0 fully saturated rings. The molecule has 42 valence electrons. The molecule has 0 saturated heterocycles. The van der Waals surface area contributed by atoms with Crippen molar-refractivity contribution < 1.29 is 0 Å². The van der Waals surface area contributed by atoms with Crippen LogP contribution >= 0.6 is 11.8 Å². The topological polar surface area (TPSA) is 0 Å². The van der Waals surface area contributed by atoms with Crippen molar-refractivity contribution in [2.45, 2.75) is 13.8 Å². The fraction of sp³-hybridized carbons (Fsp3) is 0.333. The van der Waals surface area contributed by atoms with Gasteiger partial charge in [0, 0.05) is 0 Å². The zero-order valence-corrected chi connectivity index (χ0v) is 5.53. The second kappa shape index (κ2) is 10.7. The molecule has 0 aromatic rings. The van der Waals surface area contributed by atoms with Crippen LogP contribution in [0.15, 0.2) is 23.0 Å². The van der Waals surface area contributed by atoms with Crippen molar-refractivity contribution in [3.8, 4) is 0 Å². The molecule has 0 unspecified atom stereocenters. The Morgan fingerprint density at radius 3 is 1.62 bits per heavy atom. The predicted octanol–water partition coefficient (Wildman–Crippen LogP) is 2.14. The van der Waals surface area contributed by atoms with Crippen molar-refractivity contribution in [2.24, 2.45) is 0 Å². The molecule has 2 heteroatoms. The number of rotatable bonds is 2. The van der Waals surface area contributed by atoms with Crippen molar-refractivity contribution in [2.75, 3.05) is 0 Å². The van der Waals surface area contributed by atoms with Crippen LogP contribution in [-0.4, -0.2) is 29.6 Å². The van der Waals surface area contributed by atoms with Gasteiger partial charge in [-0.05, 0) is 24.7 Å². The van der Waals surface area contributed by atoms with Crippen LogP contribution in [0.5, 0.6) is 0 Å². The third kappa shape index (κ3) is 9.95. The minimum atomic E-state index is 0. The molecule has 8 heavy (non-hydrogen) atoms. The van der Waals surface area contributed by atoms with E-state index in [2.05, 4.69) is 0 Å². The molecule has 0 N–H and O–H groups in total. The first-order valence-corrected chi connectivity index (χ1v) is 3.24. The molecule has 0 heterocycles. The Bertz CT molecular complexity index is 66.6. The molecule has 0 saturated carbocycles. The summed E-state index contributed by atoms with van der Waals surface area (Å²) in [7, 11) is 0. The van der Waals surface area contributed by atoms with E-state index >= 15 is 0 Å². The normalized spacial score (nSPS) is 10.2. The first-order chi connectivity index (χ1) is 3.41. The second-order valence-corrected chi connectivity index (χ2v) is 1.89. The molecule has 0 spiro atoms. The molecule has 0 aliphatic rings. The molecule has 0 rings (SSSR count). The van der Waals surface area contributed by atoms with E-state index in [0.717, 1.165) is 0 Å². The van der Waals surface area contributed by atoms with Gasteiger partial charge in [-0.1, -0.05) is 12.2 Å². The predicted molar refractivity (Wildman–Crippen MR) is 44.4 cm³/mol. The van der Waals surface area contributed by atoms with Gasteiger partial charge in [0.25, 0.3) is 0 Å². The zero-order valence-electron chi connectivity index (χ0n) is 4.72. The summed E-state index contributed by atoms with van der Waals surface area (Å²) in [6.07, 6.45) is 4.04. The Hall–Kier alpha value is 0.830. The summed E-state index contributed by atoms with van der Waals surface area (Å²) in [5, 5.41) is 4.08. The van der Waals surface area contributed by atoms with E-state index in [1.54, 1.807) is 11.8 Å². The Kier molecular flexibility index (Phi) is 15.6. The monoisotopic (exact) mass is 138 g/mol. The van der Waals surface area contributed by atoms with Crippen molar-refractivity contribution in [3.05, 3.63) is 23.0 Å². The number of allylic oxidation sites excluding steroid dienone is 2. The van der Waals surface area contributed by atoms with Gasteiger partial charge in [-0.25, -0.2) is 0 Å². The van der Waals surface area contributed by atoms with E-state index in [9.17, 15) is 0 Å². The first-order valence-electron chi connectivity index (χ1n) is 2.29. The molecule has 0 amide bonds. The maximum absolute atomic E-state index is 2.04. The SMILES string of the molecule is CC=CSC=CC.[NaH]. The summed E-state index contributed by atoms with van der Waals surface area (Å²) < 4.78 is 0. The summed E-state index contributed by atoms with van der Waals surface area (Å²) in [5.41, 5.74) is 0. The van der Waals surface area contributed by atoms with Crippen LogP contribution in [0, 0.1) is 0 Å². The van der Waals surface area contributed by atoms with Crippen LogP contribution in [-0.2, 0) is 0 Å². The van der Waals surface area contributed by atoms with E-state index in [1.165, 1.54) is 0 Å². The van der Waals surface area contributed by atoms with Gasteiger partial charge in [-0.3, -0.25) is 0 Å². The van der Waals surface area contributed by atoms with Gasteiger partial charge in [0.1, 0.15) is 0 Å². The van der Waals surface area contributed by atoms with Crippen molar-refractivity contribution in [1.82, 2.24) is 0 Å². The molecule has 0 nitrogen and oxygen atoms in total. The fourth-order valence-electron chi connectivity index (χ4n) is 0.202. The Morgan fingerprint density at radius 2 is 1.38 bits per heavy atom. The summed E-state index contributed by atoms with van der Waals surface area (Å²) in [4.78, 5) is 0. The average molecular weight is 138 g/mol. The minimum absolute atomic E-state index is 0. The first kappa shape index (κ1) is 11.6. The van der Waals surface area contributed by atoms with Crippen LogP contribution in [0.25, 0.3) is 0 Å². The standard InChI is InChI=1S/C6H10S.Na.H/c1-3-5-7-6-4-2;;/h3-6H,1-2H3;;. The molecule has 0 atom stereocenters. The van der Waals surface area contributed by atoms with E-state index in [-0.39, 0.29) is 29.6 Å². The van der Waals surface area contributed by atoms with E-state index in [1.807, 2.05) is 36.8 Å². The van der Waals surface area contributed by atoms with Crippen LogP contribution in [0.1, 0.15) is 13.8 Å². The molecule has 0 aliphatic carbocycles. The third-order valence-corrected chi connectivity index (χ3v) is 1.29. The van der Waals surface area contributed by atoms with E-state index < -0.39 is 0 Å². The van der Waals surface area contributed by atoms with Gasteiger partial charge in [0.15, 0.2) is 0 Å². The number of thioether (sulfide) groups is 1. The Morgan fingerprint density at radius 1 is 1.00 bits per heavy atom. The van der Waals surface area contributed by atoms with E-state index in [0.29, 0.717) is 0 Å². The molecule has 0 bridgehead atoms. The van der Waals surface area contributed by atoms with Crippen molar-refractivity contribution in [1.29, 1.82) is 0 Å². The molecule has 0 aliphatic heterocycles. The zero-order chi connectivity index (χ0) is 5.54. The van der Waals surface area contributed by atoms with Gasteiger partial charge in [0.2, 0.25) is 0 Å². The summed E-state index contributed by atoms with van der Waals surface area (Å²) in [6.45, 7) is 4.02. The summed E-state index contributed by atoms with van der Waals surface area (Å²) >= 11 is 1.69. The molecule has 0 radical (unpaired) electrons. The molecular formula is C6H11NaS. The van der Waals surface area contributed by atoms with Crippen LogP contribution in [0.3, 0.4) is 0 Å². The van der Waals surface area contributed by atoms with Crippen LogP contribution in [0.2, 0.25) is 0 Å². The number of hydrogen-bond donors (Lipinski definition) is 0. The average Bonchev–Trinajstić information content (AvgIpc) is 1.69. The van der Waals surface area contributed by atoms with Crippen molar-refractivity contribution >= 4 is 41.3 Å². The summed E-state index contributed by atoms with van der Waals surface area (Å²) in [6, 6.07) is 0. The second-order valence-electron chi connectivity index (χ2n) is 1.07. The van der Waals surface area contributed by atoms with Crippen LogP contribution < -0.4 is 0 Å². The maximum atomic E-state index is 2.04. The summed E-state index contributed by atoms with van der Waals surface area (Å²) in [5.74, 6) is 0. The Labute approximate surface area is 77.7 Å². The molecule has 0 aromatic heterocycles.